The van der Waals surface area contributed by atoms with Gasteiger partial charge in [-0.25, -0.2) is 0 Å². The maximum Gasteiger partial charge on any atom is 0.176 e. The Morgan fingerprint density at radius 1 is 1.07 bits per heavy atom. The fraction of sp³-hybridized carbons (Fsp3) is 0.292. The zero-order valence-corrected chi connectivity index (χ0v) is 17.0. The lowest BCUT2D eigenvalue weighted by atomic mass is 9.69. The predicted octanol–water partition coefficient (Wildman–Crippen LogP) is 3.69. The maximum atomic E-state index is 13.0. The highest BCUT2D eigenvalue weighted by Crippen LogP contribution is 2.55. The number of ketones is 1. The normalized spacial score (nSPS) is 23.0. The van der Waals surface area contributed by atoms with Crippen LogP contribution in [-0.2, 0) is 4.79 Å². The van der Waals surface area contributed by atoms with E-state index in [1.807, 2.05) is 41.3 Å². The minimum atomic E-state index is -1.46. The molecule has 0 saturated carbocycles. The summed E-state index contributed by atoms with van der Waals surface area (Å²) in [7, 11) is 3.08. The number of rotatable bonds is 4. The number of anilines is 1. The summed E-state index contributed by atoms with van der Waals surface area (Å²) >= 11 is 0. The molecular formula is C24H21N3O3. The largest absolute Gasteiger partial charge is 0.497 e. The molecule has 6 nitrogen and oxygen atoms in total. The molecule has 2 aliphatic heterocycles. The third-order valence-electron chi connectivity index (χ3n) is 6.06. The highest BCUT2D eigenvalue weighted by Gasteiger charge is 2.62. The Labute approximate surface area is 175 Å². The van der Waals surface area contributed by atoms with E-state index in [0.717, 1.165) is 11.3 Å². The number of ether oxygens (including phenoxy) is 2. The van der Waals surface area contributed by atoms with Crippen LogP contribution in [0.1, 0.15) is 24.0 Å². The van der Waals surface area contributed by atoms with Crippen molar-refractivity contribution in [1.82, 2.24) is 0 Å². The molecule has 2 heterocycles. The van der Waals surface area contributed by atoms with Crippen LogP contribution in [0.25, 0.3) is 6.08 Å². The van der Waals surface area contributed by atoms with E-state index in [1.165, 1.54) is 6.92 Å². The van der Waals surface area contributed by atoms with E-state index in [2.05, 4.69) is 12.1 Å². The molecule has 1 saturated heterocycles. The van der Waals surface area contributed by atoms with E-state index in [9.17, 15) is 15.3 Å². The molecule has 30 heavy (non-hydrogen) atoms. The van der Waals surface area contributed by atoms with E-state index >= 15 is 0 Å². The average molecular weight is 399 g/mol. The van der Waals surface area contributed by atoms with Crippen LogP contribution in [-0.4, -0.2) is 32.1 Å². The van der Waals surface area contributed by atoms with Crippen molar-refractivity contribution in [3.05, 3.63) is 59.7 Å². The topological polar surface area (TPSA) is 86.3 Å². The molecule has 0 amide bonds. The molecular weight excluding hydrogens is 378 g/mol. The Balaban J connectivity index is 2.00. The molecule has 1 fully saturated rings. The Bertz CT molecular complexity index is 1090. The Kier molecular flexibility index (Phi) is 4.72. The molecule has 2 aromatic rings. The third kappa shape index (κ3) is 2.65. The first kappa shape index (κ1) is 19.5. The second-order valence-electron chi connectivity index (χ2n) is 7.54. The van der Waals surface area contributed by atoms with Crippen LogP contribution in [0.3, 0.4) is 0 Å². The van der Waals surface area contributed by atoms with Gasteiger partial charge in [0.15, 0.2) is 11.2 Å². The molecule has 4 rings (SSSR count). The van der Waals surface area contributed by atoms with Crippen LogP contribution in [0, 0.1) is 28.1 Å². The van der Waals surface area contributed by atoms with Crippen molar-refractivity contribution in [3.63, 3.8) is 0 Å². The molecule has 0 radical (unpaired) electrons. The van der Waals surface area contributed by atoms with Gasteiger partial charge in [0.1, 0.15) is 11.5 Å². The summed E-state index contributed by atoms with van der Waals surface area (Å²) in [6.07, 6.45) is 3.79. The molecule has 6 heteroatoms. The summed E-state index contributed by atoms with van der Waals surface area (Å²) in [5.74, 6) is 0.286. The van der Waals surface area contributed by atoms with Gasteiger partial charge in [0.2, 0.25) is 0 Å². The highest BCUT2D eigenvalue weighted by molar-refractivity contribution is 5.91. The highest BCUT2D eigenvalue weighted by atomic mass is 16.5. The number of carbonyl (C=O) groups is 1. The van der Waals surface area contributed by atoms with Crippen molar-refractivity contribution in [1.29, 1.82) is 10.5 Å². The molecule has 2 aliphatic rings. The second-order valence-corrected chi connectivity index (χ2v) is 7.54. The van der Waals surface area contributed by atoms with Gasteiger partial charge in [-0.3, -0.25) is 4.79 Å². The first-order valence-electron chi connectivity index (χ1n) is 9.62. The van der Waals surface area contributed by atoms with E-state index in [0.29, 0.717) is 17.1 Å². The van der Waals surface area contributed by atoms with Gasteiger partial charge in [0.05, 0.1) is 38.4 Å². The lowest BCUT2D eigenvalue weighted by Gasteiger charge is -2.35. The van der Waals surface area contributed by atoms with Crippen molar-refractivity contribution in [2.75, 3.05) is 19.1 Å². The van der Waals surface area contributed by atoms with Crippen molar-refractivity contribution < 1.29 is 14.3 Å². The lowest BCUT2D eigenvalue weighted by Crippen LogP contribution is -2.43. The van der Waals surface area contributed by atoms with Crippen molar-refractivity contribution in [2.45, 2.75) is 24.9 Å². The summed E-state index contributed by atoms with van der Waals surface area (Å²) in [6.45, 7) is 1.51. The zero-order valence-electron chi connectivity index (χ0n) is 17.0. The van der Waals surface area contributed by atoms with Crippen LogP contribution in [0.2, 0.25) is 0 Å². The number of methoxy groups -OCH3 is 2. The number of benzene rings is 2. The SMILES string of the molecule is COc1cc(OC)cc([C@H]2[C@H](C(C)=O)N3c4ccccc4C=C[C@@H]3C2(C#N)C#N)c1. The van der Waals surface area contributed by atoms with Gasteiger partial charge in [-0.2, -0.15) is 10.5 Å². The number of fused-ring (bicyclic) bond motifs is 3. The summed E-state index contributed by atoms with van der Waals surface area (Å²) < 4.78 is 10.8. The Morgan fingerprint density at radius 2 is 1.70 bits per heavy atom. The minimum Gasteiger partial charge on any atom is -0.497 e. The van der Waals surface area contributed by atoms with Gasteiger partial charge in [-0.15, -0.1) is 0 Å². The number of nitriles is 2. The van der Waals surface area contributed by atoms with E-state index in [1.54, 1.807) is 32.4 Å². The summed E-state index contributed by atoms with van der Waals surface area (Å²) in [5, 5.41) is 20.6. The number of para-hydroxylation sites is 1. The fourth-order valence-corrected chi connectivity index (χ4v) is 4.77. The molecule has 0 unspecified atom stereocenters. The van der Waals surface area contributed by atoms with Crippen molar-refractivity contribution >= 4 is 17.5 Å². The van der Waals surface area contributed by atoms with Gasteiger partial charge in [-0.05, 0) is 36.2 Å². The smallest absolute Gasteiger partial charge is 0.176 e. The first-order chi connectivity index (χ1) is 14.5. The molecule has 2 aromatic carbocycles. The van der Waals surface area contributed by atoms with Gasteiger partial charge < -0.3 is 14.4 Å². The first-order valence-corrected chi connectivity index (χ1v) is 9.62. The van der Waals surface area contributed by atoms with E-state index in [-0.39, 0.29) is 5.78 Å². The van der Waals surface area contributed by atoms with Gasteiger partial charge in [0.25, 0.3) is 0 Å². The summed E-state index contributed by atoms with van der Waals surface area (Å²) in [4.78, 5) is 14.9. The Morgan fingerprint density at radius 3 is 2.27 bits per heavy atom. The quantitative estimate of drug-likeness (QED) is 0.779. The van der Waals surface area contributed by atoms with E-state index < -0.39 is 23.4 Å². The number of hydrogen-bond donors (Lipinski definition) is 0. The lowest BCUT2D eigenvalue weighted by molar-refractivity contribution is -0.118. The third-order valence-corrected chi connectivity index (χ3v) is 6.06. The number of carbonyl (C=O) groups excluding carboxylic acids is 1. The van der Waals surface area contributed by atoms with Crippen LogP contribution in [0.5, 0.6) is 11.5 Å². The number of nitrogens with zero attached hydrogens (tertiary/aromatic N) is 3. The minimum absolute atomic E-state index is 0.107. The molecule has 0 bridgehead atoms. The monoisotopic (exact) mass is 399 g/mol. The van der Waals surface area contributed by atoms with Gasteiger partial charge >= 0.3 is 0 Å². The van der Waals surface area contributed by atoms with Crippen molar-refractivity contribution in [3.8, 4) is 23.6 Å². The molecule has 0 aliphatic carbocycles. The molecule has 0 N–H and O–H groups in total. The van der Waals surface area contributed by atoms with Crippen LogP contribution in [0.4, 0.5) is 5.69 Å². The molecule has 150 valence electrons. The predicted molar refractivity (Wildman–Crippen MR) is 112 cm³/mol. The fourth-order valence-electron chi connectivity index (χ4n) is 4.77. The second kappa shape index (κ2) is 7.24. The maximum absolute atomic E-state index is 13.0. The zero-order chi connectivity index (χ0) is 21.5. The Hall–Kier alpha value is -3.77. The number of Topliss-reactive ketones (excluding diaryl/α,β-unsaturated/α-hetero) is 1. The number of hydrogen-bond acceptors (Lipinski definition) is 6. The average Bonchev–Trinajstić information content (AvgIpc) is 3.10. The molecule has 3 atom stereocenters. The van der Waals surface area contributed by atoms with Crippen molar-refractivity contribution in [2.24, 2.45) is 5.41 Å². The molecule has 0 spiro atoms. The van der Waals surface area contributed by atoms with Crippen LogP contribution < -0.4 is 14.4 Å². The summed E-state index contributed by atoms with van der Waals surface area (Å²) in [6, 6.07) is 16.3. The van der Waals surface area contributed by atoms with Crippen LogP contribution in [0.15, 0.2) is 48.5 Å². The summed E-state index contributed by atoms with van der Waals surface area (Å²) in [5.41, 5.74) is 0.999. The van der Waals surface area contributed by atoms with Crippen LogP contribution >= 0.6 is 0 Å². The van der Waals surface area contributed by atoms with E-state index in [4.69, 9.17) is 9.47 Å². The molecule has 0 aromatic heterocycles. The van der Waals surface area contributed by atoms with Gasteiger partial charge in [-0.1, -0.05) is 30.4 Å². The standard InChI is InChI=1S/C24H21N3O3/c1-15(28)23-22(17-10-18(29-2)12-19(11-17)30-3)24(13-25,14-26)21-9-8-16-6-4-5-7-20(16)27(21)23/h4-12,21-23H,1-3H3/t21-,22+,23+/m1/s1. The van der Waals surface area contributed by atoms with Gasteiger partial charge in [0, 0.05) is 17.7 Å².